The van der Waals surface area contributed by atoms with Gasteiger partial charge in [-0.15, -0.1) is 10.2 Å². The third-order valence-corrected chi connectivity index (χ3v) is 5.81. The van der Waals surface area contributed by atoms with E-state index in [-0.39, 0.29) is 0 Å². The lowest BCUT2D eigenvalue weighted by Gasteiger charge is -2.22. The first-order chi connectivity index (χ1) is 6.07. The summed E-state index contributed by atoms with van der Waals surface area (Å²) in [6.45, 7) is 6.90. The second-order valence-corrected chi connectivity index (χ2v) is 6.94. The van der Waals surface area contributed by atoms with Crippen molar-refractivity contribution >= 4 is 26.6 Å². The van der Waals surface area contributed by atoms with Crippen LogP contribution in [-0.4, -0.2) is 0 Å². The maximum absolute atomic E-state index is 2.30. The zero-order valence-corrected chi connectivity index (χ0v) is 9.99. The Morgan fingerprint density at radius 2 is 1.85 bits per heavy atom. The lowest BCUT2D eigenvalue weighted by atomic mass is 10.0. The molecule has 1 heterocycles. The van der Waals surface area contributed by atoms with Gasteiger partial charge in [0.25, 0.3) is 0 Å². The monoisotopic (exact) mass is 207 g/mol. The van der Waals surface area contributed by atoms with Crippen molar-refractivity contribution in [2.24, 2.45) is 0 Å². The molecular formula is C11H13P2-. The van der Waals surface area contributed by atoms with Gasteiger partial charge in [-0.25, -0.2) is 0 Å². The van der Waals surface area contributed by atoms with E-state index in [4.69, 9.17) is 0 Å². The van der Waals surface area contributed by atoms with Crippen molar-refractivity contribution in [3.8, 4) is 0 Å². The standard InChI is InChI=1S/C11H13P2/c1-11(2,3)10-12-8-6-4-5-7-9(8)13-10/h4-7H,1-3H3/q-1. The predicted molar refractivity (Wildman–Crippen MR) is 63.3 cm³/mol. The van der Waals surface area contributed by atoms with Crippen molar-refractivity contribution in [1.82, 2.24) is 0 Å². The van der Waals surface area contributed by atoms with E-state index in [1.54, 1.807) is 5.03 Å². The van der Waals surface area contributed by atoms with Gasteiger partial charge in [-0.1, -0.05) is 45.0 Å². The first kappa shape index (κ1) is 9.25. The van der Waals surface area contributed by atoms with Gasteiger partial charge in [0.1, 0.15) is 0 Å². The highest BCUT2D eigenvalue weighted by Gasteiger charge is 2.07. The Labute approximate surface area is 82.6 Å². The summed E-state index contributed by atoms with van der Waals surface area (Å²) in [6, 6.07) is 8.74. The maximum atomic E-state index is 2.30. The van der Waals surface area contributed by atoms with Crippen LogP contribution >= 0.6 is 16.4 Å². The van der Waals surface area contributed by atoms with E-state index >= 15 is 0 Å². The lowest BCUT2D eigenvalue weighted by molar-refractivity contribution is 0.616. The Morgan fingerprint density at radius 1 is 1.15 bits per heavy atom. The van der Waals surface area contributed by atoms with E-state index in [0.29, 0.717) is 5.41 Å². The summed E-state index contributed by atoms with van der Waals surface area (Å²) in [7, 11) is 2.87. The van der Waals surface area contributed by atoms with Crippen LogP contribution in [0.15, 0.2) is 24.3 Å². The normalized spacial score (nSPS) is 13.5. The maximum Gasteiger partial charge on any atom is -0.0392 e. The molecule has 68 valence electrons. The summed E-state index contributed by atoms with van der Waals surface area (Å²) >= 11 is 0. The summed E-state index contributed by atoms with van der Waals surface area (Å²) in [6.07, 6.45) is 0. The van der Waals surface area contributed by atoms with Gasteiger partial charge < -0.3 is 16.4 Å². The molecule has 2 aromatic rings. The zero-order chi connectivity index (χ0) is 9.47. The molecule has 0 bridgehead atoms. The van der Waals surface area contributed by atoms with Crippen molar-refractivity contribution < 1.29 is 0 Å². The van der Waals surface area contributed by atoms with Crippen molar-refractivity contribution in [3.05, 3.63) is 29.3 Å². The molecule has 0 aliphatic heterocycles. The fourth-order valence-electron chi connectivity index (χ4n) is 1.24. The van der Waals surface area contributed by atoms with Gasteiger partial charge >= 0.3 is 0 Å². The van der Waals surface area contributed by atoms with Gasteiger partial charge in [0.05, 0.1) is 0 Å². The van der Waals surface area contributed by atoms with Crippen LogP contribution < -0.4 is 0 Å². The van der Waals surface area contributed by atoms with Crippen LogP contribution in [0.5, 0.6) is 0 Å². The molecule has 2 heteroatoms. The largest absolute Gasteiger partial charge is 0.302 e. The van der Waals surface area contributed by atoms with E-state index in [0.717, 1.165) is 0 Å². The molecule has 0 atom stereocenters. The molecule has 0 spiro atoms. The molecule has 2 rings (SSSR count). The van der Waals surface area contributed by atoms with E-state index in [2.05, 4.69) is 45.0 Å². The number of hydrogen-bond acceptors (Lipinski definition) is 0. The molecule has 0 saturated heterocycles. The zero-order valence-electron chi connectivity index (χ0n) is 8.20. The third kappa shape index (κ3) is 1.80. The molecule has 13 heavy (non-hydrogen) atoms. The van der Waals surface area contributed by atoms with E-state index in [1.165, 1.54) is 26.6 Å². The second kappa shape index (κ2) is 3.12. The summed E-state index contributed by atoms with van der Waals surface area (Å²) in [5, 5.41) is 4.61. The summed E-state index contributed by atoms with van der Waals surface area (Å²) in [4.78, 5) is 0. The summed E-state index contributed by atoms with van der Waals surface area (Å²) in [5.41, 5.74) is 0.349. The molecule has 0 radical (unpaired) electrons. The number of hydrogen-bond donors (Lipinski definition) is 0. The van der Waals surface area contributed by atoms with E-state index in [9.17, 15) is 0 Å². The van der Waals surface area contributed by atoms with Gasteiger partial charge in [0, 0.05) is 0 Å². The molecule has 0 N–H and O–H groups in total. The fourth-order valence-corrected chi connectivity index (χ4v) is 4.21. The minimum absolute atomic E-state index is 0.349. The molecule has 0 nitrogen and oxygen atoms in total. The topological polar surface area (TPSA) is 0 Å². The van der Waals surface area contributed by atoms with Crippen molar-refractivity contribution in [2.45, 2.75) is 26.2 Å². The molecule has 0 unspecified atom stereocenters. The molecule has 0 fully saturated rings. The second-order valence-electron chi connectivity index (χ2n) is 4.29. The van der Waals surface area contributed by atoms with Crippen molar-refractivity contribution in [2.75, 3.05) is 0 Å². The lowest BCUT2D eigenvalue weighted by Crippen LogP contribution is -2.05. The summed E-state index contributed by atoms with van der Waals surface area (Å²) < 4.78 is 0. The van der Waals surface area contributed by atoms with Crippen molar-refractivity contribution in [3.63, 3.8) is 0 Å². The van der Waals surface area contributed by atoms with Crippen LogP contribution in [0.25, 0.3) is 10.2 Å². The SMILES string of the molecule is CC(C)(C)c1pc2ccccc2[p-]1. The molecule has 0 saturated carbocycles. The molecule has 0 aliphatic rings. The Morgan fingerprint density at radius 3 is 2.46 bits per heavy atom. The predicted octanol–water partition coefficient (Wildman–Crippen LogP) is 5.02. The van der Waals surface area contributed by atoms with Gasteiger partial charge in [-0.05, 0) is 5.41 Å². The van der Waals surface area contributed by atoms with Crippen LogP contribution in [0.1, 0.15) is 25.8 Å². The average Bonchev–Trinajstić information content (AvgIpc) is 2.45. The highest BCUT2D eigenvalue weighted by molar-refractivity contribution is 7.57. The quantitative estimate of drug-likeness (QED) is 0.569. The molecular weight excluding hydrogens is 194 g/mol. The van der Waals surface area contributed by atoms with Crippen molar-refractivity contribution in [1.29, 1.82) is 0 Å². The first-order valence-corrected chi connectivity index (χ1v) is 6.26. The van der Waals surface area contributed by atoms with Crippen LogP contribution in [0.2, 0.25) is 0 Å². The first-order valence-electron chi connectivity index (χ1n) is 4.47. The van der Waals surface area contributed by atoms with Gasteiger partial charge in [0.15, 0.2) is 0 Å². The fraction of sp³-hybridized carbons (Fsp3) is 0.364. The molecule has 1 aromatic carbocycles. The smallest absolute Gasteiger partial charge is 0.0392 e. The van der Waals surface area contributed by atoms with E-state index < -0.39 is 0 Å². The molecule has 0 aliphatic carbocycles. The van der Waals surface area contributed by atoms with Gasteiger partial charge in [-0.2, -0.15) is 5.03 Å². The Hall–Kier alpha value is -0.310. The van der Waals surface area contributed by atoms with Crippen LogP contribution in [0.4, 0.5) is 0 Å². The molecule has 1 aromatic heterocycles. The third-order valence-electron chi connectivity index (χ3n) is 2.01. The van der Waals surface area contributed by atoms with Crippen LogP contribution in [0, 0.1) is 0 Å². The van der Waals surface area contributed by atoms with E-state index in [1.807, 2.05) is 0 Å². The number of benzene rings is 1. The Bertz CT molecular complexity index is 388. The minimum Gasteiger partial charge on any atom is -0.302 e. The highest BCUT2D eigenvalue weighted by atomic mass is 31.1. The van der Waals surface area contributed by atoms with Gasteiger partial charge in [-0.3, -0.25) is 0 Å². The highest BCUT2D eigenvalue weighted by Crippen LogP contribution is 2.45. The Kier molecular flexibility index (Phi) is 2.22. The average molecular weight is 207 g/mol. The van der Waals surface area contributed by atoms with Crippen LogP contribution in [0.3, 0.4) is 0 Å². The Balaban J connectivity index is 2.63. The van der Waals surface area contributed by atoms with Crippen LogP contribution in [-0.2, 0) is 5.41 Å². The van der Waals surface area contributed by atoms with Gasteiger partial charge in [0.2, 0.25) is 0 Å². The summed E-state index contributed by atoms with van der Waals surface area (Å²) in [5.74, 6) is 0. The minimum atomic E-state index is 0.349. The number of rotatable bonds is 0. The molecule has 0 amide bonds. The number of fused-ring (bicyclic) bond motifs is 1.